The third-order valence-corrected chi connectivity index (χ3v) is 4.61. The summed E-state index contributed by atoms with van der Waals surface area (Å²) in [6.07, 6.45) is 3.43. The zero-order chi connectivity index (χ0) is 15.2. The second kappa shape index (κ2) is 5.18. The van der Waals surface area contributed by atoms with Crippen LogP contribution < -0.4 is 4.74 Å². The van der Waals surface area contributed by atoms with Gasteiger partial charge < -0.3 is 14.4 Å². The molecule has 3 rings (SSSR count). The molecule has 0 radical (unpaired) electrons. The monoisotopic (exact) mass is 349 g/mol. The van der Waals surface area contributed by atoms with Crippen LogP contribution in [0.15, 0.2) is 34.9 Å². The lowest BCUT2D eigenvalue weighted by Gasteiger charge is -2.34. The summed E-state index contributed by atoms with van der Waals surface area (Å²) in [6, 6.07) is 8.05. The topological polar surface area (TPSA) is 34.4 Å². The fraction of sp³-hybridized carbons (Fsp3) is 0.412. The molecule has 3 nitrogen and oxygen atoms in total. The average Bonchev–Trinajstić information content (AvgIpc) is 2.80. The predicted molar refractivity (Wildman–Crippen MR) is 87.1 cm³/mol. The van der Waals surface area contributed by atoms with Crippen molar-refractivity contribution in [1.29, 1.82) is 0 Å². The number of aliphatic hydroxyl groups is 1. The quantitative estimate of drug-likeness (QED) is 0.879. The van der Waals surface area contributed by atoms with E-state index in [1.165, 1.54) is 5.69 Å². The van der Waals surface area contributed by atoms with Gasteiger partial charge in [-0.05, 0) is 36.5 Å². The fourth-order valence-corrected chi connectivity index (χ4v) is 3.64. The van der Waals surface area contributed by atoms with Crippen LogP contribution in [0.2, 0.25) is 0 Å². The van der Waals surface area contributed by atoms with Crippen molar-refractivity contribution in [3.63, 3.8) is 0 Å². The summed E-state index contributed by atoms with van der Waals surface area (Å²) in [6.45, 7) is 4.41. The summed E-state index contributed by atoms with van der Waals surface area (Å²) >= 11 is 3.53. The van der Waals surface area contributed by atoms with Gasteiger partial charge >= 0.3 is 0 Å². The summed E-state index contributed by atoms with van der Waals surface area (Å²) in [4.78, 5) is 0. The minimum absolute atomic E-state index is 0.110. The number of benzene rings is 1. The molecule has 1 aliphatic carbocycles. The van der Waals surface area contributed by atoms with Crippen LogP contribution in [0.3, 0.4) is 0 Å². The molecular weight excluding hydrogens is 330 g/mol. The first-order valence-corrected chi connectivity index (χ1v) is 7.92. The van der Waals surface area contributed by atoms with Gasteiger partial charge in [-0.15, -0.1) is 0 Å². The molecule has 2 aromatic rings. The van der Waals surface area contributed by atoms with Crippen LogP contribution in [0.25, 0.3) is 5.69 Å². The zero-order valence-corrected chi connectivity index (χ0v) is 14.1. The van der Waals surface area contributed by atoms with Crippen molar-refractivity contribution in [2.45, 2.75) is 32.8 Å². The molecule has 0 saturated carbocycles. The van der Waals surface area contributed by atoms with Gasteiger partial charge in [0, 0.05) is 28.0 Å². The molecule has 1 N–H and O–H groups in total. The van der Waals surface area contributed by atoms with Crippen molar-refractivity contribution >= 4 is 15.9 Å². The van der Waals surface area contributed by atoms with Crippen LogP contribution in [0, 0.1) is 5.41 Å². The van der Waals surface area contributed by atoms with Crippen LogP contribution in [0.5, 0.6) is 5.75 Å². The lowest BCUT2D eigenvalue weighted by Crippen LogP contribution is -2.26. The van der Waals surface area contributed by atoms with Crippen LogP contribution in [-0.4, -0.2) is 16.8 Å². The maximum Gasteiger partial charge on any atom is 0.122 e. The Morgan fingerprint density at radius 2 is 2.10 bits per heavy atom. The van der Waals surface area contributed by atoms with Crippen molar-refractivity contribution in [2.24, 2.45) is 5.41 Å². The highest BCUT2D eigenvalue weighted by atomic mass is 79.9. The Kier molecular flexibility index (Phi) is 3.62. The second-order valence-electron chi connectivity index (χ2n) is 6.50. The van der Waals surface area contributed by atoms with Crippen LogP contribution in [0.4, 0.5) is 0 Å². The predicted octanol–water partition coefficient (Wildman–Crippen LogP) is 4.25. The Balaban J connectivity index is 2.11. The van der Waals surface area contributed by atoms with E-state index in [9.17, 15) is 5.11 Å². The lowest BCUT2D eigenvalue weighted by atomic mass is 9.75. The van der Waals surface area contributed by atoms with Crippen molar-refractivity contribution < 1.29 is 9.84 Å². The minimum atomic E-state index is -0.376. The van der Waals surface area contributed by atoms with Gasteiger partial charge in [-0.1, -0.05) is 29.8 Å². The molecule has 0 spiro atoms. The van der Waals surface area contributed by atoms with E-state index in [-0.39, 0.29) is 11.5 Å². The summed E-state index contributed by atoms with van der Waals surface area (Å²) < 4.78 is 8.49. The van der Waals surface area contributed by atoms with E-state index in [1.54, 1.807) is 7.11 Å². The Hall–Kier alpha value is -1.26. The normalized spacial score (nSPS) is 20.1. The molecule has 1 aliphatic rings. The molecule has 0 aliphatic heterocycles. The van der Waals surface area contributed by atoms with E-state index in [0.29, 0.717) is 0 Å². The molecule has 0 bridgehead atoms. The van der Waals surface area contributed by atoms with E-state index < -0.39 is 0 Å². The van der Waals surface area contributed by atoms with Gasteiger partial charge in [0.15, 0.2) is 0 Å². The largest absolute Gasteiger partial charge is 0.497 e. The molecule has 0 saturated heterocycles. The van der Waals surface area contributed by atoms with E-state index >= 15 is 0 Å². The van der Waals surface area contributed by atoms with Crippen LogP contribution >= 0.6 is 15.9 Å². The standard InChI is InChI=1S/C17H20BrNO2/c1-17(2)9-15-14(16(20)10-17)4-5-19(15)12-6-11(18)7-13(8-12)21-3/h4-8,16,20H,9-10H2,1-3H3. The maximum atomic E-state index is 10.4. The Labute approximate surface area is 133 Å². The number of nitrogens with zero attached hydrogens (tertiary/aromatic N) is 1. The molecular formula is C17H20BrNO2. The Bertz CT molecular complexity index is 675. The molecule has 1 aromatic carbocycles. The third-order valence-electron chi connectivity index (χ3n) is 4.15. The van der Waals surface area contributed by atoms with E-state index in [2.05, 4.69) is 40.4 Å². The number of rotatable bonds is 2. The van der Waals surface area contributed by atoms with Gasteiger partial charge in [0.2, 0.25) is 0 Å². The van der Waals surface area contributed by atoms with Gasteiger partial charge in [0.1, 0.15) is 5.75 Å². The number of ether oxygens (including phenoxy) is 1. The molecule has 21 heavy (non-hydrogen) atoms. The third kappa shape index (κ3) is 2.74. The molecule has 0 fully saturated rings. The smallest absolute Gasteiger partial charge is 0.122 e. The van der Waals surface area contributed by atoms with Gasteiger partial charge in [-0.3, -0.25) is 0 Å². The number of aliphatic hydroxyl groups excluding tert-OH is 1. The maximum absolute atomic E-state index is 10.4. The first-order valence-electron chi connectivity index (χ1n) is 7.13. The Morgan fingerprint density at radius 3 is 2.81 bits per heavy atom. The fourth-order valence-electron chi connectivity index (χ4n) is 3.18. The first-order chi connectivity index (χ1) is 9.89. The van der Waals surface area contributed by atoms with E-state index in [0.717, 1.165) is 34.3 Å². The SMILES string of the molecule is COc1cc(Br)cc(-n2ccc3c2CC(C)(C)CC3O)c1. The van der Waals surface area contributed by atoms with Crippen LogP contribution in [-0.2, 0) is 6.42 Å². The second-order valence-corrected chi connectivity index (χ2v) is 7.41. The number of hydrogen-bond acceptors (Lipinski definition) is 2. The summed E-state index contributed by atoms with van der Waals surface area (Å²) in [5.74, 6) is 0.817. The van der Waals surface area contributed by atoms with E-state index in [1.807, 2.05) is 24.4 Å². The van der Waals surface area contributed by atoms with Crippen molar-refractivity contribution in [3.05, 3.63) is 46.2 Å². The zero-order valence-electron chi connectivity index (χ0n) is 12.6. The summed E-state index contributed by atoms with van der Waals surface area (Å²) in [5, 5.41) is 10.4. The summed E-state index contributed by atoms with van der Waals surface area (Å²) in [5.41, 5.74) is 3.40. The average molecular weight is 350 g/mol. The molecule has 1 heterocycles. The Morgan fingerprint density at radius 1 is 1.33 bits per heavy atom. The van der Waals surface area contributed by atoms with Gasteiger partial charge in [0.25, 0.3) is 0 Å². The molecule has 1 atom stereocenters. The minimum Gasteiger partial charge on any atom is -0.497 e. The highest BCUT2D eigenvalue weighted by molar-refractivity contribution is 9.10. The van der Waals surface area contributed by atoms with Gasteiger partial charge in [-0.25, -0.2) is 0 Å². The number of halogens is 1. The number of aromatic nitrogens is 1. The van der Waals surface area contributed by atoms with Crippen LogP contribution in [0.1, 0.15) is 37.6 Å². The molecule has 1 aromatic heterocycles. The molecule has 4 heteroatoms. The molecule has 112 valence electrons. The highest BCUT2D eigenvalue weighted by Crippen LogP contribution is 2.42. The summed E-state index contributed by atoms with van der Waals surface area (Å²) in [7, 11) is 1.67. The molecule has 1 unspecified atom stereocenters. The number of hydrogen-bond donors (Lipinski definition) is 1. The van der Waals surface area contributed by atoms with Crippen molar-refractivity contribution in [1.82, 2.24) is 4.57 Å². The van der Waals surface area contributed by atoms with Crippen molar-refractivity contribution in [2.75, 3.05) is 7.11 Å². The van der Waals surface area contributed by atoms with Crippen molar-refractivity contribution in [3.8, 4) is 11.4 Å². The van der Waals surface area contributed by atoms with E-state index in [4.69, 9.17) is 4.74 Å². The number of fused-ring (bicyclic) bond motifs is 1. The number of methoxy groups -OCH3 is 1. The lowest BCUT2D eigenvalue weighted by molar-refractivity contribution is 0.0987. The van der Waals surface area contributed by atoms with Gasteiger partial charge in [0.05, 0.1) is 18.9 Å². The van der Waals surface area contributed by atoms with Gasteiger partial charge in [-0.2, -0.15) is 0 Å². The first kappa shape index (κ1) is 14.7. The highest BCUT2D eigenvalue weighted by Gasteiger charge is 2.33. The molecule has 0 amide bonds.